The summed E-state index contributed by atoms with van der Waals surface area (Å²) < 4.78 is 6.49. The van der Waals surface area contributed by atoms with Crippen LogP contribution in [-0.4, -0.2) is 70.7 Å². The Morgan fingerprint density at radius 1 is 1.27 bits per heavy atom. The Hall–Kier alpha value is -1.67. The summed E-state index contributed by atoms with van der Waals surface area (Å²) in [7, 11) is 1.56. The number of fused-ring (bicyclic) bond motifs is 1. The van der Waals surface area contributed by atoms with Gasteiger partial charge in [0.25, 0.3) is 0 Å². The van der Waals surface area contributed by atoms with Gasteiger partial charge in [0.2, 0.25) is 17.7 Å². The smallest absolute Gasteiger partial charge is 0.246 e. The lowest BCUT2D eigenvalue weighted by Gasteiger charge is -2.39. The SMILES string of the molecule is CCCC(C)NC(=O)C1N([C@@H](CO)C(C)C)C(=O)[C@@H]2[C@@H](C(=O)NC)[C@@]3(C)CCC12O3. The Morgan fingerprint density at radius 2 is 1.93 bits per heavy atom. The molecule has 30 heavy (non-hydrogen) atoms. The van der Waals surface area contributed by atoms with Crippen LogP contribution >= 0.6 is 0 Å². The Bertz CT molecular complexity index is 713. The summed E-state index contributed by atoms with van der Waals surface area (Å²) in [4.78, 5) is 41.6. The molecule has 3 heterocycles. The highest BCUT2D eigenvalue weighted by Gasteiger charge is 2.78. The van der Waals surface area contributed by atoms with E-state index in [-0.39, 0.29) is 36.3 Å². The van der Waals surface area contributed by atoms with Gasteiger partial charge in [0.15, 0.2) is 0 Å². The van der Waals surface area contributed by atoms with Crippen LogP contribution in [0.3, 0.4) is 0 Å². The van der Waals surface area contributed by atoms with E-state index in [1.165, 1.54) is 4.90 Å². The first-order valence-electron chi connectivity index (χ1n) is 11.2. The number of carbonyl (C=O) groups excluding carboxylic acids is 3. The number of rotatable bonds is 8. The molecule has 0 aromatic heterocycles. The first-order chi connectivity index (χ1) is 14.1. The van der Waals surface area contributed by atoms with Crippen LogP contribution in [0.2, 0.25) is 0 Å². The molecule has 0 radical (unpaired) electrons. The van der Waals surface area contributed by atoms with Gasteiger partial charge in [-0.3, -0.25) is 14.4 Å². The summed E-state index contributed by atoms with van der Waals surface area (Å²) in [5, 5.41) is 15.8. The molecule has 3 N–H and O–H groups in total. The predicted octanol–water partition coefficient (Wildman–Crippen LogP) is 0.819. The minimum Gasteiger partial charge on any atom is -0.394 e. The summed E-state index contributed by atoms with van der Waals surface area (Å²) in [6, 6.07) is -1.41. The summed E-state index contributed by atoms with van der Waals surface area (Å²) in [5.41, 5.74) is -1.81. The van der Waals surface area contributed by atoms with E-state index in [1.807, 2.05) is 27.7 Å². The number of aliphatic hydroxyl groups excluding tert-OH is 1. The van der Waals surface area contributed by atoms with E-state index >= 15 is 0 Å². The Kier molecular flexibility index (Phi) is 6.22. The molecule has 3 unspecified atom stereocenters. The van der Waals surface area contributed by atoms with Crippen LogP contribution in [0.25, 0.3) is 0 Å². The van der Waals surface area contributed by atoms with Crippen molar-refractivity contribution < 1.29 is 24.2 Å². The molecule has 8 heteroatoms. The molecule has 3 saturated heterocycles. The number of carbonyl (C=O) groups is 3. The van der Waals surface area contributed by atoms with E-state index in [2.05, 4.69) is 17.6 Å². The molecule has 0 aromatic rings. The van der Waals surface area contributed by atoms with Gasteiger partial charge in [-0.05, 0) is 39.0 Å². The third kappa shape index (κ3) is 3.23. The van der Waals surface area contributed by atoms with E-state index in [1.54, 1.807) is 7.05 Å². The van der Waals surface area contributed by atoms with Crippen molar-refractivity contribution in [3.8, 4) is 0 Å². The van der Waals surface area contributed by atoms with Gasteiger partial charge in [-0.1, -0.05) is 27.2 Å². The zero-order chi connectivity index (χ0) is 22.4. The Labute approximate surface area is 179 Å². The third-order valence-corrected chi connectivity index (χ3v) is 7.42. The molecule has 1 spiro atoms. The standard InChI is InChI=1S/C22H37N3O5/c1-7-8-13(4)24-19(28)17-22-10-9-21(5,30-22)15(18(27)23-6)16(22)20(29)25(17)14(11-26)12(2)3/h12-17,26H,7-11H2,1-6H3,(H,23,27)(H,24,28)/t13?,14-,15-,16-,17?,21+,22?/m0/s1. The predicted molar refractivity (Wildman–Crippen MR) is 111 cm³/mol. The average Bonchev–Trinajstić information content (AvgIpc) is 3.23. The van der Waals surface area contributed by atoms with Crippen molar-refractivity contribution in [1.29, 1.82) is 0 Å². The van der Waals surface area contributed by atoms with Gasteiger partial charge in [-0.25, -0.2) is 0 Å². The molecule has 0 saturated carbocycles. The number of likely N-dealkylation sites (tertiary alicyclic amines) is 1. The van der Waals surface area contributed by atoms with E-state index in [4.69, 9.17) is 4.74 Å². The maximum absolute atomic E-state index is 13.8. The Balaban J connectivity index is 2.08. The van der Waals surface area contributed by atoms with E-state index in [9.17, 15) is 19.5 Å². The highest BCUT2D eigenvalue weighted by Crippen LogP contribution is 2.63. The number of nitrogens with zero attached hydrogens (tertiary/aromatic N) is 1. The second kappa shape index (κ2) is 8.11. The highest BCUT2D eigenvalue weighted by molar-refractivity contribution is 5.99. The van der Waals surface area contributed by atoms with Crippen molar-refractivity contribution in [2.45, 2.75) is 89.6 Å². The van der Waals surface area contributed by atoms with E-state index in [0.717, 1.165) is 12.8 Å². The van der Waals surface area contributed by atoms with Crippen LogP contribution < -0.4 is 10.6 Å². The molecule has 8 nitrogen and oxygen atoms in total. The summed E-state index contributed by atoms with van der Waals surface area (Å²) in [5.74, 6) is -2.17. The maximum Gasteiger partial charge on any atom is 0.246 e. The molecular formula is C22H37N3O5. The molecule has 7 atom stereocenters. The van der Waals surface area contributed by atoms with Crippen LogP contribution in [0.5, 0.6) is 0 Å². The second-order valence-corrected chi connectivity index (χ2v) is 9.78. The zero-order valence-corrected chi connectivity index (χ0v) is 19.0. The lowest BCUT2D eigenvalue weighted by atomic mass is 9.66. The molecule has 3 rings (SSSR count). The van der Waals surface area contributed by atoms with Crippen molar-refractivity contribution in [2.24, 2.45) is 17.8 Å². The lowest BCUT2D eigenvalue weighted by Crippen LogP contribution is -2.59. The minimum atomic E-state index is -1.04. The van der Waals surface area contributed by atoms with Gasteiger partial charge in [0, 0.05) is 13.1 Å². The quantitative estimate of drug-likeness (QED) is 0.536. The van der Waals surface area contributed by atoms with Gasteiger partial charge in [0.05, 0.1) is 30.1 Å². The monoisotopic (exact) mass is 423 g/mol. The number of amides is 3. The minimum absolute atomic E-state index is 0.0366. The highest BCUT2D eigenvalue weighted by atomic mass is 16.5. The van der Waals surface area contributed by atoms with Crippen LogP contribution in [0.1, 0.15) is 60.3 Å². The maximum atomic E-state index is 13.8. The zero-order valence-electron chi connectivity index (χ0n) is 19.0. The molecule has 0 aromatic carbocycles. The summed E-state index contributed by atoms with van der Waals surface area (Å²) >= 11 is 0. The number of hydrogen-bond donors (Lipinski definition) is 3. The first kappa shape index (κ1) is 23.0. The van der Waals surface area contributed by atoms with Crippen molar-refractivity contribution in [2.75, 3.05) is 13.7 Å². The normalized spacial score (nSPS) is 36.7. The number of ether oxygens (including phenoxy) is 1. The number of hydrogen-bond acceptors (Lipinski definition) is 5. The van der Waals surface area contributed by atoms with Gasteiger partial charge in [-0.2, -0.15) is 0 Å². The molecule has 3 amide bonds. The van der Waals surface area contributed by atoms with Crippen LogP contribution in [0.15, 0.2) is 0 Å². The van der Waals surface area contributed by atoms with Crippen molar-refractivity contribution in [3.63, 3.8) is 0 Å². The molecule has 0 aliphatic carbocycles. The van der Waals surface area contributed by atoms with Gasteiger partial charge >= 0.3 is 0 Å². The number of nitrogens with one attached hydrogen (secondary N) is 2. The summed E-state index contributed by atoms with van der Waals surface area (Å²) in [6.45, 7) is 9.47. The fraction of sp³-hybridized carbons (Fsp3) is 0.864. The molecule has 3 aliphatic heterocycles. The molecular weight excluding hydrogens is 386 g/mol. The largest absolute Gasteiger partial charge is 0.394 e. The van der Waals surface area contributed by atoms with Gasteiger partial charge in [0.1, 0.15) is 11.6 Å². The van der Waals surface area contributed by atoms with Crippen LogP contribution in [0.4, 0.5) is 0 Å². The van der Waals surface area contributed by atoms with Crippen molar-refractivity contribution in [1.82, 2.24) is 15.5 Å². The van der Waals surface area contributed by atoms with Gasteiger partial charge in [-0.15, -0.1) is 0 Å². The fourth-order valence-corrected chi connectivity index (χ4v) is 6.02. The molecule has 2 bridgehead atoms. The fourth-order valence-electron chi connectivity index (χ4n) is 6.02. The topological polar surface area (TPSA) is 108 Å². The van der Waals surface area contributed by atoms with E-state index in [0.29, 0.717) is 12.8 Å². The summed E-state index contributed by atoms with van der Waals surface area (Å²) in [6.07, 6.45) is 2.92. The third-order valence-electron chi connectivity index (χ3n) is 7.42. The Morgan fingerprint density at radius 3 is 2.47 bits per heavy atom. The average molecular weight is 424 g/mol. The first-order valence-corrected chi connectivity index (χ1v) is 11.2. The molecule has 3 aliphatic rings. The van der Waals surface area contributed by atoms with Gasteiger partial charge < -0.3 is 25.4 Å². The lowest BCUT2D eigenvalue weighted by molar-refractivity contribution is -0.151. The van der Waals surface area contributed by atoms with E-state index < -0.39 is 35.1 Å². The van der Waals surface area contributed by atoms with Crippen molar-refractivity contribution in [3.05, 3.63) is 0 Å². The molecule has 3 fully saturated rings. The van der Waals surface area contributed by atoms with Crippen molar-refractivity contribution >= 4 is 17.7 Å². The van der Waals surface area contributed by atoms with Crippen LogP contribution in [-0.2, 0) is 19.1 Å². The molecule has 170 valence electrons. The van der Waals surface area contributed by atoms with Crippen LogP contribution in [0, 0.1) is 17.8 Å². The number of aliphatic hydroxyl groups is 1. The second-order valence-electron chi connectivity index (χ2n) is 9.78.